The van der Waals surface area contributed by atoms with E-state index in [1.54, 1.807) is 0 Å². The second-order valence-corrected chi connectivity index (χ2v) is 6.99. The highest BCUT2D eigenvalue weighted by Crippen LogP contribution is 2.08. The number of carbonyl (C=O) groups is 1. The van der Waals surface area contributed by atoms with Gasteiger partial charge in [0, 0.05) is 24.8 Å². The van der Waals surface area contributed by atoms with Crippen molar-refractivity contribution in [3.63, 3.8) is 0 Å². The van der Waals surface area contributed by atoms with E-state index in [-0.39, 0.29) is 13.2 Å². The average molecular weight is 309 g/mol. The number of rotatable bonds is 5. The van der Waals surface area contributed by atoms with Gasteiger partial charge in [0.05, 0.1) is 6.61 Å². The first-order valence-electron chi connectivity index (χ1n) is 6.50. The maximum absolute atomic E-state index is 11.8. The summed E-state index contributed by atoms with van der Waals surface area (Å²) >= 11 is 0. The van der Waals surface area contributed by atoms with E-state index in [2.05, 4.69) is 17.2 Å². The maximum atomic E-state index is 11.8. The van der Waals surface area contributed by atoms with Crippen LogP contribution in [0.5, 0.6) is 0 Å². The third-order valence-corrected chi connectivity index (χ3v) is 4.44. The van der Waals surface area contributed by atoms with Crippen molar-refractivity contribution in [2.24, 2.45) is 0 Å². The lowest BCUT2D eigenvalue weighted by Crippen LogP contribution is -2.37. The second kappa shape index (κ2) is 7.81. The Hall–Kier alpha value is -1.84. The highest BCUT2D eigenvalue weighted by molar-refractivity contribution is 7.92. The number of amides is 1. The van der Waals surface area contributed by atoms with Crippen LogP contribution in [0.2, 0.25) is 0 Å². The molecule has 21 heavy (non-hydrogen) atoms. The van der Waals surface area contributed by atoms with E-state index in [9.17, 15) is 13.2 Å². The first-order valence-corrected chi connectivity index (χ1v) is 8.46. The van der Waals surface area contributed by atoms with Gasteiger partial charge in [0.25, 0.3) is 0 Å². The molecule has 2 N–H and O–H groups in total. The van der Waals surface area contributed by atoms with E-state index in [0.717, 1.165) is 17.4 Å². The van der Waals surface area contributed by atoms with Gasteiger partial charge < -0.3 is 10.4 Å². The Morgan fingerprint density at radius 2 is 2.05 bits per heavy atom. The van der Waals surface area contributed by atoms with Gasteiger partial charge in [-0.2, -0.15) is 0 Å². The lowest BCUT2D eigenvalue weighted by atomic mass is 10.1. The minimum Gasteiger partial charge on any atom is -0.395 e. The number of hydrogen-bond acceptors (Lipinski definition) is 4. The van der Waals surface area contributed by atoms with Crippen LogP contribution in [0.15, 0.2) is 24.3 Å². The van der Waals surface area contributed by atoms with E-state index in [0.29, 0.717) is 6.42 Å². The zero-order chi connectivity index (χ0) is 15.9. The Balaban J connectivity index is 2.77. The SMILES string of the molecule is CC(C(=O)NCc1ccccc1C#CCCO)S(C)(=O)=O. The first-order chi connectivity index (χ1) is 9.86. The quantitative estimate of drug-likeness (QED) is 0.775. The summed E-state index contributed by atoms with van der Waals surface area (Å²) in [6.07, 6.45) is 1.41. The molecule has 0 bridgehead atoms. The van der Waals surface area contributed by atoms with E-state index in [1.807, 2.05) is 24.3 Å². The second-order valence-electron chi connectivity index (χ2n) is 4.62. The number of hydrogen-bond donors (Lipinski definition) is 2. The fraction of sp³-hybridized carbons (Fsp3) is 0.400. The topological polar surface area (TPSA) is 83.5 Å². The third kappa shape index (κ3) is 5.58. The number of aliphatic hydroxyl groups is 1. The Labute approximate surface area is 125 Å². The largest absolute Gasteiger partial charge is 0.395 e. The van der Waals surface area contributed by atoms with Gasteiger partial charge in [0.1, 0.15) is 5.25 Å². The molecule has 0 aliphatic carbocycles. The van der Waals surface area contributed by atoms with Crippen molar-refractivity contribution >= 4 is 15.7 Å². The minimum absolute atomic E-state index is 0.00221. The maximum Gasteiger partial charge on any atom is 0.238 e. The smallest absolute Gasteiger partial charge is 0.238 e. The lowest BCUT2D eigenvalue weighted by Gasteiger charge is -2.11. The monoisotopic (exact) mass is 309 g/mol. The molecule has 0 radical (unpaired) electrons. The van der Waals surface area contributed by atoms with Crippen molar-refractivity contribution in [1.82, 2.24) is 5.32 Å². The highest BCUT2D eigenvalue weighted by atomic mass is 32.2. The van der Waals surface area contributed by atoms with Gasteiger partial charge in [0.2, 0.25) is 5.91 Å². The van der Waals surface area contributed by atoms with Crippen LogP contribution >= 0.6 is 0 Å². The summed E-state index contributed by atoms with van der Waals surface area (Å²) in [5, 5.41) is 10.2. The Bertz CT molecular complexity index is 656. The molecule has 6 heteroatoms. The van der Waals surface area contributed by atoms with Crippen molar-refractivity contribution in [2.75, 3.05) is 12.9 Å². The van der Waals surface area contributed by atoms with Gasteiger partial charge in [-0.05, 0) is 18.6 Å². The van der Waals surface area contributed by atoms with Crippen molar-refractivity contribution < 1.29 is 18.3 Å². The van der Waals surface area contributed by atoms with E-state index in [4.69, 9.17) is 5.11 Å². The molecule has 0 saturated carbocycles. The summed E-state index contributed by atoms with van der Waals surface area (Å²) < 4.78 is 22.6. The molecule has 1 rings (SSSR count). The third-order valence-electron chi connectivity index (χ3n) is 2.94. The van der Waals surface area contributed by atoms with Gasteiger partial charge in [-0.1, -0.05) is 30.0 Å². The number of sulfone groups is 1. The van der Waals surface area contributed by atoms with Crippen molar-refractivity contribution in [3.8, 4) is 11.8 Å². The van der Waals surface area contributed by atoms with E-state index in [1.165, 1.54) is 6.92 Å². The lowest BCUT2D eigenvalue weighted by molar-refractivity contribution is -0.120. The van der Waals surface area contributed by atoms with Crippen molar-refractivity contribution in [1.29, 1.82) is 0 Å². The molecule has 0 fully saturated rings. The van der Waals surface area contributed by atoms with Gasteiger partial charge >= 0.3 is 0 Å². The molecule has 5 nitrogen and oxygen atoms in total. The number of benzene rings is 1. The minimum atomic E-state index is -3.40. The standard InChI is InChI=1S/C15H19NO4S/c1-12(21(2,19)20)15(18)16-11-14-9-4-3-7-13(14)8-5-6-10-17/h3-4,7,9,12,17H,6,10-11H2,1-2H3,(H,16,18). The van der Waals surface area contributed by atoms with Crippen LogP contribution < -0.4 is 5.32 Å². The molecule has 1 unspecified atom stereocenters. The van der Waals surface area contributed by atoms with Crippen LogP contribution in [0.3, 0.4) is 0 Å². The van der Waals surface area contributed by atoms with Crippen molar-refractivity contribution in [3.05, 3.63) is 35.4 Å². The van der Waals surface area contributed by atoms with Gasteiger partial charge in [-0.3, -0.25) is 4.79 Å². The Kier molecular flexibility index (Phi) is 6.40. The molecule has 0 spiro atoms. The fourth-order valence-electron chi connectivity index (χ4n) is 1.53. The predicted molar refractivity (Wildman–Crippen MR) is 81.2 cm³/mol. The van der Waals surface area contributed by atoms with E-state index >= 15 is 0 Å². The summed E-state index contributed by atoms with van der Waals surface area (Å²) in [6.45, 7) is 1.57. The normalized spacial score (nSPS) is 12.1. The molecule has 114 valence electrons. The van der Waals surface area contributed by atoms with Gasteiger partial charge in [-0.15, -0.1) is 0 Å². The number of nitrogens with one attached hydrogen (secondary N) is 1. The number of carbonyl (C=O) groups excluding carboxylic acids is 1. The fourth-order valence-corrected chi connectivity index (χ4v) is 2.00. The Morgan fingerprint density at radius 1 is 1.38 bits per heavy atom. The van der Waals surface area contributed by atoms with E-state index < -0.39 is 21.0 Å². The van der Waals surface area contributed by atoms with Crippen LogP contribution in [0, 0.1) is 11.8 Å². The molecular formula is C15H19NO4S. The molecule has 1 amide bonds. The first kappa shape index (κ1) is 17.2. The molecule has 0 aliphatic heterocycles. The molecule has 0 aliphatic rings. The molecule has 1 aromatic carbocycles. The summed E-state index contributed by atoms with van der Waals surface area (Å²) in [6, 6.07) is 7.27. The molecule has 0 aromatic heterocycles. The molecule has 1 aromatic rings. The predicted octanol–water partition coefficient (Wildman–Crippen LogP) is 0.470. The highest BCUT2D eigenvalue weighted by Gasteiger charge is 2.23. The summed E-state index contributed by atoms with van der Waals surface area (Å²) in [4.78, 5) is 11.8. The Morgan fingerprint density at radius 3 is 2.67 bits per heavy atom. The molecule has 0 heterocycles. The molecule has 1 atom stereocenters. The van der Waals surface area contributed by atoms with Crippen molar-refractivity contribution in [2.45, 2.75) is 25.1 Å². The van der Waals surface area contributed by atoms with Gasteiger partial charge in [0.15, 0.2) is 9.84 Å². The van der Waals surface area contributed by atoms with Crippen LogP contribution in [0.4, 0.5) is 0 Å². The van der Waals surface area contributed by atoms with Crippen LogP contribution in [0.25, 0.3) is 0 Å². The van der Waals surface area contributed by atoms with Gasteiger partial charge in [-0.25, -0.2) is 8.42 Å². The van der Waals surface area contributed by atoms with Crippen LogP contribution in [-0.4, -0.2) is 37.5 Å². The number of aliphatic hydroxyl groups excluding tert-OH is 1. The average Bonchev–Trinajstić information content (AvgIpc) is 2.44. The summed E-state index contributed by atoms with van der Waals surface area (Å²) in [5.41, 5.74) is 1.55. The molecular weight excluding hydrogens is 290 g/mol. The zero-order valence-electron chi connectivity index (χ0n) is 12.1. The van der Waals surface area contributed by atoms with Crippen LogP contribution in [-0.2, 0) is 21.2 Å². The summed E-state index contributed by atoms with van der Waals surface area (Å²) in [5.74, 6) is 5.20. The molecule has 0 saturated heterocycles. The van der Waals surface area contributed by atoms with Crippen LogP contribution in [0.1, 0.15) is 24.5 Å². The zero-order valence-corrected chi connectivity index (χ0v) is 12.9. The summed E-state index contributed by atoms with van der Waals surface area (Å²) in [7, 11) is -3.40.